The molecule has 4 aromatic rings. The monoisotopic (exact) mass is 394 g/mol. The Morgan fingerprint density at radius 3 is 2.77 bits per heavy atom. The van der Waals surface area contributed by atoms with Gasteiger partial charge in [0.15, 0.2) is 0 Å². The minimum absolute atomic E-state index is 0.187. The normalized spacial score (nSPS) is 13.7. The second-order valence-electron chi connectivity index (χ2n) is 7.64. The van der Waals surface area contributed by atoms with Gasteiger partial charge in [-0.2, -0.15) is 0 Å². The van der Waals surface area contributed by atoms with Gasteiger partial charge in [-0.25, -0.2) is 0 Å². The Labute approximate surface area is 175 Å². The van der Waals surface area contributed by atoms with Crippen molar-refractivity contribution >= 4 is 22.5 Å². The molecule has 1 aliphatic heterocycles. The number of benzene rings is 2. The summed E-state index contributed by atoms with van der Waals surface area (Å²) in [4.78, 5) is 23.4. The van der Waals surface area contributed by atoms with E-state index >= 15 is 0 Å². The maximum Gasteiger partial charge on any atom is 0.274 e. The van der Waals surface area contributed by atoms with Gasteiger partial charge in [-0.05, 0) is 65.6 Å². The summed E-state index contributed by atoms with van der Waals surface area (Å²) in [6.07, 6.45) is 4.47. The molecule has 2 aromatic heterocycles. The highest BCUT2D eigenvalue weighted by atomic mass is 16.1. The van der Waals surface area contributed by atoms with Crippen molar-refractivity contribution in [1.29, 1.82) is 0 Å². The topological polar surface area (TPSA) is 58.1 Å². The fourth-order valence-electron chi connectivity index (χ4n) is 4.00. The van der Waals surface area contributed by atoms with Crippen LogP contribution in [0.3, 0.4) is 0 Å². The van der Waals surface area contributed by atoms with Crippen molar-refractivity contribution in [1.82, 2.24) is 14.9 Å². The smallest absolute Gasteiger partial charge is 0.274 e. The molecule has 5 rings (SSSR count). The highest BCUT2D eigenvalue weighted by Crippen LogP contribution is 2.25. The van der Waals surface area contributed by atoms with E-state index in [0.717, 1.165) is 37.3 Å². The third kappa shape index (κ3) is 3.93. The Morgan fingerprint density at radius 2 is 1.87 bits per heavy atom. The summed E-state index contributed by atoms with van der Waals surface area (Å²) >= 11 is 0. The molecule has 0 saturated carbocycles. The van der Waals surface area contributed by atoms with Crippen molar-refractivity contribution in [3.8, 4) is 0 Å². The second-order valence-corrected chi connectivity index (χ2v) is 7.64. The van der Waals surface area contributed by atoms with Crippen LogP contribution in [0, 0.1) is 0 Å². The van der Waals surface area contributed by atoms with Crippen LogP contribution in [0.2, 0.25) is 0 Å². The molecule has 3 heterocycles. The van der Waals surface area contributed by atoms with Gasteiger partial charge in [-0.15, -0.1) is 0 Å². The van der Waals surface area contributed by atoms with Crippen LogP contribution in [0.25, 0.3) is 10.9 Å². The zero-order valence-electron chi connectivity index (χ0n) is 16.6. The van der Waals surface area contributed by atoms with Crippen molar-refractivity contribution in [3.05, 3.63) is 102 Å². The van der Waals surface area contributed by atoms with Crippen LogP contribution in [0.4, 0.5) is 5.69 Å². The number of hydrogen-bond acceptors (Lipinski definition) is 4. The van der Waals surface area contributed by atoms with E-state index in [4.69, 9.17) is 0 Å². The Hall–Kier alpha value is -3.57. The summed E-state index contributed by atoms with van der Waals surface area (Å²) in [6.45, 7) is 2.79. The number of carbonyl (C=O) groups excluding carboxylic acids is 1. The van der Waals surface area contributed by atoms with Crippen LogP contribution < -0.4 is 5.32 Å². The van der Waals surface area contributed by atoms with E-state index in [-0.39, 0.29) is 5.91 Å². The lowest BCUT2D eigenvalue weighted by molar-refractivity contribution is 0.102. The van der Waals surface area contributed by atoms with E-state index in [2.05, 4.69) is 56.6 Å². The number of rotatable bonds is 4. The molecule has 0 bridgehead atoms. The lowest BCUT2D eigenvalue weighted by Crippen LogP contribution is -2.30. The fourth-order valence-corrected chi connectivity index (χ4v) is 4.00. The largest absolute Gasteiger partial charge is 0.321 e. The highest BCUT2D eigenvalue weighted by Gasteiger charge is 2.18. The van der Waals surface area contributed by atoms with Crippen molar-refractivity contribution in [2.75, 3.05) is 11.9 Å². The first-order chi connectivity index (χ1) is 14.7. The summed E-state index contributed by atoms with van der Waals surface area (Å²) < 4.78 is 0. The Balaban J connectivity index is 1.30. The molecule has 0 spiro atoms. The molecular formula is C25H22N4O. The van der Waals surface area contributed by atoms with Gasteiger partial charge in [0, 0.05) is 43.1 Å². The number of pyridine rings is 2. The summed E-state index contributed by atoms with van der Waals surface area (Å²) in [5.74, 6) is -0.187. The van der Waals surface area contributed by atoms with Crippen LogP contribution in [0.15, 0.2) is 79.1 Å². The molecular weight excluding hydrogens is 372 g/mol. The summed E-state index contributed by atoms with van der Waals surface area (Å²) in [7, 11) is 0. The summed E-state index contributed by atoms with van der Waals surface area (Å²) in [6, 6.07) is 22.1. The quantitative estimate of drug-likeness (QED) is 0.556. The van der Waals surface area contributed by atoms with Crippen molar-refractivity contribution in [2.45, 2.75) is 19.5 Å². The number of amides is 1. The zero-order chi connectivity index (χ0) is 20.3. The van der Waals surface area contributed by atoms with E-state index in [1.54, 1.807) is 18.3 Å². The van der Waals surface area contributed by atoms with E-state index < -0.39 is 0 Å². The van der Waals surface area contributed by atoms with Crippen LogP contribution in [0.5, 0.6) is 0 Å². The van der Waals surface area contributed by atoms with Gasteiger partial charge in [0.1, 0.15) is 5.69 Å². The molecule has 148 valence electrons. The standard InChI is InChI=1S/C25H22N4O/c30-25(24-5-1-2-11-27-24)28-22-8-7-19-10-13-29(17-21(19)15-22)16-18-6-9-23-20(14-18)4-3-12-26-23/h1-9,11-12,14-15H,10,13,16-17H2,(H,28,30). The molecule has 1 N–H and O–H groups in total. The van der Waals surface area contributed by atoms with Gasteiger partial charge in [-0.3, -0.25) is 19.7 Å². The third-order valence-electron chi connectivity index (χ3n) is 5.53. The molecule has 0 fully saturated rings. The minimum atomic E-state index is -0.187. The van der Waals surface area contributed by atoms with E-state index in [1.807, 2.05) is 24.4 Å². The maximum absolute atomic E-state index is 12.4. The Kier molecular flexibility index (Phi) is 4.95. The first kappa shape index (κ1) is 18.5. The maximum atomic E-state index is 12.4. The fraction of sp³-hybridized carbons (Fsp3) is 0.160. The number of aromatic nitrogens is 2. The molecule has 0 atom stereocenters. The van der Waals surface area contributed by atoms with Crippen LogP contribution >= 0.6 is 0 Å². The van der Waals surface area contributed by atoms with Crippen LogP contribution in [-0.4, -0.2) is 27.3 Å². The van der Waals surface area contributed by atoms with Gasteiger partial charge in [-0.1, -0.05) is 24.3 Å². The molecule has 30 heavy (non-hydrogen) atoms. The first-order valence-electron chi connectivity index (χ1n) is 10.1. The second kappa shape index (κ2) is 8.05. The van der Waals surface area contributed by atoms with E-state index in [1.165, 1.54) is 22.1 Å². The predicted molar refractivity (Wildman–Crippen MR) is 118 cm³/mol. The number of hydrogen-bond donors (Lipinski definition) is 1. The van der Waals surface area contributed by atoms with Gasteiger partial charge in [0.05, 0.1) is 5.52 Å². The molecule has 0 radical (unpaired) electrons. The molecule has 0 saturated heterocycles. The summed E-state index contributed by atoms with van der Waals surface area (Å²) in [5.41, 5.74) is 6.16. The molecule has 5 heteroatoms. The SMILES string of the molecule is O=C(Nc1ccc2c(c1)CN(Cc1ccc3ncccc3c1)CC2)c1ccccn1. The zero-order valence-corrected chi connectivity index (χ0v) is 16.6. The predicted octanol–water partition coefficient (Wildman–Crippen LogP) is 4.44. The number of nitrogens with one attached hydrogen (secondary N) is 1. The van der Waals surface area contributed by atoms with Crippen molar-refractivity contribution in [2.24, 2.45) is 0 Å². The van der Waals surface area contributed by atoms with Crippen molar-refractivity contribution in [3.63, 3.8) is 0 Å². The lowest BCUT2D eigenvalue weighted by Gasteiger charge is -2.29. The van der Waals surface area contributed by atoms with E-state index in [9.17, 15) is 4.79 Å². The molecule has 5 nitrogen and oxygen atoms in total. The Bertz CT molecular complexity index is 1210. The minimum Gasteiger partial charge on any atom is -0.321 e. The number of anilines is 1. The molecule has 0 aliphatic carbocycles. The number of carbonyl (C=O) groups is 1. The van der Waals surface area contributed by atoms with Gasteiger partial charge in [0.25, 0.3) is 5.91 Å². The lowest BCUT2D eigenvalue weighted by atomic mass is 9.98. The average molecular weight is 394 g/mol. The molecule has 1 aliphatic rings. The van der Waals surface area contributed by atoms with Gasteiger partial charge in [0.2, 0.25) is 0 Å². The van der Waals surface area contributed by atoms with Crippen LogP contribution in [-0.2, 0) is 19.5 Å². The Morgan fingerprint density at radius 1 is 0.933 bits per heavy atom. The van der Waals surface area contributed by atoms with Gasteiger partial charge < -0.3 is 5.32 Å². The molecule has 1 amide bonds. The van der Waals surface area contributed by atoms with Crippen LogP contribution in [0.1, 0.15) is 27.2 Å². The summed E-state index contributed by atoms with van der Waals surface area (Å²) in [5, 5.41) is 4.14. The van der Waals surface area contributed by atoms with Gasteiger partial charge >= 0.3 is 0 Å². The number of fused-ring (bicyclic) bond motifs is 2. The third-order valence-corrected chi connectivity index (χ3v) is 5.53. The van der Waals surface area contributed by atoms with Crippen molar-refractivity contribution < 1.29 is 4.79 Å². The molecule has 2 aromatic carbocycles. The average Bonchev–Trinajstić information content (AvgIpc) is 2.79. The molecule has 0 unspecified atom stereocenters. The number of nitrogens with zero attached hydrogens (tertiary/aromatic N) is 3. The highest BCUT2D eigenvalue weighted by molar-refractivity contribution is 6.02. The first-order valence-corrected chi connectivity index (χ1v) is 10.1. The van der Waals surface area contributed by atoms with E-state index in [0.29, 0.717) is 5.69 Å².